The Morgan fingerprint density at radius 2 is 1.75 bits per heavy atom. The third-order valence-corrected chi connectivity index (χ3v) is 5.11. The summed E-state index contributed by atoms with van der Waals surface area (Å²) < 4.78 is 16.3. The first-order valence-corrected chi connectivity index (χ1v) is 8.94. The van der Waals surface area contributed by atoms with Gasteiger partial charge in [-0.1, -0.05) is 6.42 Å². The Hall–Kier alpha value is -3.17. The number of ether oxygens (including phenoxy) is 3. The molecular weight excluding hydrogens is 366 g/mol. The van der Waals surface area contributed by atoms with Crippen molar-refractivity contribution in [2.75, 3.05) is 26.2 Å². The molecule has 28 heavy (non-hydrogen) atoms. The van der Waals surface area contributed by atoms with E-state index in [1.165, 1.54) is 27.4 Å². The van der Waals surface area contributed by atoms with Crippen LogP contribution < -0.4 is 30.6 Å². The van der Waals surface area contributed by atoms with Gasteiger partial charge in [-0.05, 0) is 25.7 Å². The van der Waals surface area contributed by atoms with Gasteiger partial charge in [0.25, 0.3) is 0 Å². The molecule has 0 radical (unpaired) electrons. The monoisotopic (exact) mass is 391 g/mol. The van der Waals surface area contributed by atoms with Gasteiger partial charge in [0.15, 0.2) is 11.5 Å². The van der Waals surface area contributed by atoms with Gasteiger partial charge in [-0.15, -0.1) is 0 Å². The van der Waals surface area contributed by atoms with Gasteiger partial charge in [-0.2, -0.15) is 4.99 Å². The van der Waals surface area contributed by atoms with Crippen molar-refractivity contribution in [2.24, 2.45) is 21.5 Å². The maximum atomic E-state index is 12.1. The Balaban J connectivity index is 2.34. The molecule has 1 aliphatic heterocycles. The van der Waals surface area contributed by atoms with E-state index in [1.54, 1.807) is 4.90 Å². The first-order valence-electron chi connectivity index (χ1n) is 8.94. The van der Waals surface area contributed by atoms with Crippen LogP contribution >= 0.6 is 0 Å². The van der Waals surface area contributed by atoms with Crippen LogP contribution in [0.3, 0.4) is 0 Å². The number of nitrogens with zero attached hydrogens (tertiary/aromatic N) is 3. The minimum atomic E-state index is -1.17. The molecule has 1 fully saturated rings. The molecule has 0 unspecified atom stereocenters. The van der Waals surface area contributed by atoms with Crippen LogP contribution in [0.4, 0.5) is 5.69 Å². The molecule has 0 bridgehead atoms. The SMILES string of the molecule is COc1cc(C(=O)O)c(N2C(N)=NC(N)=NC23CCCCC3)c(OC)c1OC. The average molecular weight is 391 g/mol. The van der Waals surface area contributed by atoms with Crippen LogP contribution in [0.25, 0.3) is 0 Å². The smallest absolute Gasteiger partial charge is 0.338 e. The predicted octanol–water partition coefficient (Wildman–Crippen LogP) is 1.52. The van der Waals surface area contributed by atoms with E-state index in [0.29, 0.717) is 12.8 Å². The zero-order chi connectivity index (χ0) is 20.5. The van der Waals surface area contributed by atoms with Crippen molar-refractivity contribution in [3.63, 3.8) is 0 Å². The van der Waals surface area contributed by atoms with Gasteiger partial charge in [-0.3, -0.25) is 4.90 Å². The summed E-state index contributed by atoms with van der Waals surface area (Å²) in [6.07, 6.45) is 4.16. The number of carboxylic acid groups (broad SMARTS) is 1. The number of carboxylic acids is 1. The van der Waals surface area contributed by atoms with E-state index in [9.17, 15) is 9.90 Å². The molecule has 1 aromatic rings. The number of carbonyl (C=O) groups is 1. The molecule has 1 aliphatic carbocycles. The molecule has 5 N–H and O–H groups in total. The van der Waals surface area contributed by atoms with Crippen LogP contribution in [0.15, 0.2) is 16.1 Å². The van der Waals surface area contributed by atoms with Crippen molar-refractivity contribution in [1.82, 2.24) is 0 Å². The minimum Gasteiger partial charge on any atom is -0.493 e. The fraction of sp³-hybridized carbons (Fsp3) is 0.500. The van der Waals surface area contributed by atoms with E-state index in [0.717, 1.165) is 19.3 Å². The molecule has 10 heteroatoms. The third kappa shape index (κ3) is 3.04. The summed E-state index contributed by atoms with van der Waals surface area (Å²) in [5.74, 6) is -0.372. The third-order valence-electron chi connectivity index (χ3n) is 5.11. The summed E-state index contributed by atoms with van der Waals surface area (Å²) >= 11 is 0. The second-order valence-electron chi connectivity index (χ2n) is 6.67. The molecular formula is C18H25N5O5. The first kappa shape index (κ1) is 19.6. The molecule has 0 amide bonds. The maximum Gasteiger partial charge on any atom is 0.338 e. The van der Waals surface area contributed by atoms with Gasteiger partial charge in [0.1, 0.15) is 11.4 Å². The van der Waals surface area contributed by atoms with E-state index in [-0.39, 0.29) is 40.4 Å². The Bertz CT molecular complexity index is 845. The molecule has 3 rings (SSSR count). The maximum absolute atomic E-state index is 12.1. The lowest BCUT2D eigenvalue weighted by Gasteiger charge is -2.46. The molecule has 1 saturated carbocycles. The van der Waals surface area contributed by atoms with Crippen molar-refractivity contribution < 1.29 is 24.1 Å². The lowest BCUT2D eigenvalue weighted by Crippen LogP contribution is -2.58. The van der Waals surface area contributed by atoms with Gasteiger partial charge in [0.05, 0.1) is 26.9 Å². The van der Waals surface area contributed by atoms with Gasteiger partial charge in [0, 0.05) is 6.07 Å². The van der Waals surface area contributed by atoms with E-state index < -0.39 is 11.6 Å². The van der Waals surface area contributed by atoms with Crippen molar-refractivity contribution in [2.45, 2.75) is 37.8 Å². The number of hydrogen-bond donors (Lipinski definition) is 3. The van der Waals surface area contributed by atoms with Crippen molar-refractivity contribution >= 4 is 23.6 Å². The first-order chi connectivity index (χ1) is 13.4. The highest BCUT2D eigenvalue weighted by molar-refractivity contribution is 6.10. The normalized spacial score (nSPS) is 18.3. The molecule has 1 aromatic carbocycles. The highest BCUT2D eigenvalue weighted by Crippen LogP contribution is 2.51. The lowest BCUT2D eigenvalue weighted by molar-refractivity contribution is 0.0696. The standard InChI is InChI=1S/C18H25N5O5/c1-26-11-9-10(15(24)25)12(14(28-3)13(11)27-2)23-17(20)21-16(19)22-18(23)7-5-4-6-8-18/h9H,4-8H2,1-3H3,(H,24,25)(H4,19,20,21,22). The summed E-state index contributed by atoms with van der Waals surface area (Å²) in [7, 11) is 4.30. The summed E-state index contributed by atoms with van der Waals surface area (Å²) in [6.45, 7) is 0. The van der Waals surface area contributed by atoms with Gasteiger partial charge >= 0.3 is 5.97 Å². The van der Waals surface area contributed by atoms with Crippen molar-refractivity contribution in [3.05, 3.63) is 11.6 Å². The number of rotatable bonds is 5. The van der Waals surface area contributed by atoms with Gasteiger partial charge < -0.3 is 30.8 Å². The van der Waals surface area contributed by atoms with Crippen LogP contribution in [-0.2, 0) is 0 Å². The van der Waals surface area contributed by atoms with E-state index in [4.69, 9.17) is 25.7 Å². The van der Waals surface area contributed by atoms with Gasteiger partial charge in [0.2, 0.25) is 17.7 Å². The molecule has 2 aliphatic rings. The fourth-order valence-corrected chi connectivity index (χ4v) is 3.97. The average Bonchev–Trinajstić information content (AvgIpc) is 2.66. The Morgan fingerprint density at radius 1 is 1.11 bits per heavy atom. The summed E-state index contributed by atoms with van der Waals surface area (Å²) in [5, 5.41) is 9.91. The Kier molecular flexibility index (Phi) is 5.21. The lowest BCUT2D eigenvalue weighted by atomic mass is 9.86. The van der Waals surface area contributed by atoms with E-state index >= 15 is 0 Å². The summed E-state index contributed by atoms with van der Waals surface area (Å²) in [5.41, 5.74) is 11.5. The number of aliphatic imine (C=N–C) groups is 2. The molecule has 1 spiro atoms. The number of hydrogen-bond acceptors (Lipinski definition) is 9. The van der Waals surface area contributed by atoms with E-state index in [2.05, 4.69) is 9.98 Å². The largest absolute Gasteiger partial charge is 0.493 e. The fourth-order valence-electron chi connectivity index (χ4n) is 3.97. The Labute approximate surface area is 162 Å². The van der Waals surface area contributed by atoms with Crippen molar-refractivity contribution in [1.29, 1.82) is 0 Å². The molecule has 0 saturated heterocycles. The van der Waals surface area contributed by atoms with Crippen LogP contribution in [0.2, 0.25) is 0 Å². The molecule has 0 aromatic heterocycles. The summed E-state index contributed by atoms with van der Waals surface area (Å²) in [6, 6.07) is 1.38. The number of aromatic carboxylic acids is 1. The summed E-state index contributed by atoms with van der Waals surface area (Å²) in [4.78, 5) is 22.4. The molecule has 10 nitrogen and oxygen atoms in total. The van der Waals surface area contributed by atoms with E-state index in [1.807, 2.05) is 0 Å². The molecule has 1 heterocycles. The minimum absolute atomic E-state index is 0.0578. The number of guanidine groups is 2. The van der Waals surface area contributed by atoms with Crippen LogP contribution in [0.1, 0.15) is 42.5 Å². The highest BCUT2D eigenvalue weighted by Gasteiger charge is 2.46. The number of nitrogens with two attached hydrogens (primary N) is 2. The Morgan fingerprint density at radius 3 is 2.29 bits per heavy atom. The van der Waals surface area contributed by atoms with Crippen LogP contribution in [-0.4, -0.2) is 50.0 Å². The zero-order valence-corrected chi connectivity index (χ0v) is 16.2. The van der Waals surface area contributed by atoms with Crippen molar-refractivity contribution in [3.8, 4) is 17.2 Å². The second-order valence-corrected chi connectivity index (χ2v) is 6.67. The van der Waals surface area contributed by atoms with Gasteiger partial charge in [-0.25, -0.2) is 9.79 Å². The highest BCUT2D eigenvalue weighted by atomic mass is 16.5. The van der Waals surface area contributed by atoms with Crippen LogP contribution in [0, 0.1) is 0 Å². The van der Waals surface area contributed by atoms with Crippen LogP contribution in [0.5, 0.6) is 17.2 Å². The zero-order valence-electron chi connectivity index (χ0n) is 16.2. The predicted molar refractivity (Wildman–Crippen MR) is 105 cm³/mol. The number of methoxy groups -OCH3 is 3. The molecule has 152 valence electrons. The second kappa shape index (κ2) is 7.45. The number of benzene rings is 1. The number of anilines is 1. The molecule has 0 atom stereocenters. The quantitative estimate of drug-likeness (QED) is 0.685. The topological polar surface area (TPSA) is 145 Å².